The Labute approximate surface area is 99.5 Å². The number of nitrogens with two attached hydrogens (primary N) is 1. The third-order valence-corrected chi connectivity index (χ3v) is 3.01. The number of halogens is 1. The van der Waals surface area contributed by atoms with Crippen molar-refractivity contribution >= 4 is 17.4 Å². The minimum Gasteiger partial charge on any atom is -0.492 e. The van der Waals surface area contributed by atoms with E-state index in [1.165, 1.54) is 12.8 Å². The lowest BCUT2D eigenvalue weighted by molar-refractivity contribution is 0.100. The normalized spacial score (nSPS) is 14.9. The quantitative estimate of drug-likeness (QED) is 0.802. The van der Waals surface area contributed by atoms with Crippen molar-refractivity contribution in [3.8, 4) is 5.75 Å². The fourth-order valence-corrected chi connectivity index (χ4v) is 1.73. The Hall–Kier alpha value is -1.06. The van der Waals surface area contributed by atoms with Gasteiger partial charge in [0.1, 0.15) is 5.75 Å². The van der Waals surface area contributed by atoms with Crippen LogP contribution in [0.15, 0.2) is 18.2 Å². The van der Waals surface area contributed by atoms with E-state index in [4.69, 9.17) is 22.1 Å². The van der Waals surface area contributed by atoms with Gasteiger partial charge in [-0.3, -0.25) is 4.79 Å². The monoisotopic (exact) mass is 239 g/mol. The fourth-order valence-electron chi connectivity index (χ4n) is 1.44. The standard InChI is InChI=1S/C12H14ClNO2/c13-12-9(10(15)6-14)2-1-3-11(12)16-7-8-4-5-8/h1-3,8H,4-7,14H2. The molecular weight excluding hydrogens is 226 g/mol. The van der Waals surface area contributed by atoms with Crippen LogP contribution in [0.25, 0.3) is 0 Å². The Bertz CT molecular complexity index is 402. The average molecular weight is 240 g/mol. The number of carbonyl (C=O) groups is 1. The molecule has 4 heteroatoms. The predicted molar refractivity (Wildman–Crippen MR) is 63.1 cm³/mol. The van der Waals surface area contributed by atoms with Crippen molar-refractivity contribution in [2.45, 2.75) is 12.8 Å². The minimum absolute atomic E-state index is 0.0359. The van der Waals surface area contributed by atoms with Gasteiger partial charge in [0, 0.05) is 5.56 Å². The van der Waals surface area contributed by atoms with E-state index in [1.807, 2.05) is 0 Å². The van der Waals surface area contributed by atoms with Gasteiger partial charge in [0.2, 0.25) is 0 Å². The molecule has 1 fully saturated rings. The van der Waals surface area contributed by atoms with E-state index in [0.717, 1.165) is 0 Å². The van der Waals surface area contributed by atoms with Crippen LogP contribution in [-0.4, -0.2) is 18.9 Å². The number of benzene rings is 1. The molecule has 86 valence electrons. The minimum atomic E-state index is -0.165. The Balaban J connectivity index is 2.14. The van der Waals surface area contributed by atoms with Gasteiger partial charge in [-0.2, -0.15) is 0 Å². The maximum absolute atomic E-state index is 11.5. The molecule has 0 amide bonds. The van der Waals surface area contributed by atoms with Crippen LogP contribution in [0.1, 0.15) is 23.2 Å². The highest BCUT2D eigenvalue weighted by atomic mass is 35.5. The summed E-state index contributed by atoms with van der Waals surface area (Å²) in [5, 5.41) is 0.374. The number of Topliss-reactive ketones (excluding diaryl/α,β-unsaturated/α-hetero) is 1. The van der Waals surface area contributed by atoms with E-state index >= 15 is 0 Å². The van der Waals surface area contributed by atoms with Gasteiger partial charge in [-0.25, -0.2) is 0 Å². The maximum atomic E-state index is 11.5. The van der Waals surface area contributed by atoms with Gasteiger partial charge in [0.15, 0.2) is 5.78 Å². The van der Waals surface area contributed by atoms with Crippen molar-refractivity contribution in [3.63, 3.8) is 0 Å². The summed E-state index contributed by atoms with van der Waals surface area (Å²) in [5.41, 5.74) is 5.75. The molecule has 1 aromatic rings. The summed E-state index contributed by atoms with van der Waals surface area (Å²) in [5.74, 6) is 1.07. The van der Waals surface area contributed by atoms with Crippen molar-refractivity contribution in [2.24, 2.45) is 11.7 Å². The van der Waals surface area contributed by atoms with E-state index in [-0.39, 0.29) is 12.3 Å². The highest BCUT2D eigenvalue weighted by Gasteiger charge is 2.22. The van der Waals surface area contributed by atoms with Crippen LogP contribution in [0.5, 0.6) is 5.75 Å². The van der Waals surface area contributed by atoms with Crippen molar-refractivity contribution in [1.29, 1.82) is 0 Å². The fraction of sp³-hybridized carbons (Fsp3) is 0.417. The Morgan fingerprint density at radius 2 is 2.25 bits per heavy atom. The van der Waals surface area contributed by atoms with E-state index in [9.17, 15) is 4.79 Å². The maximum Gasteiger partial charge on any atom is 0.178 e. The molecule has 0 radical (unpaired) electrons. The smallest absolute Gasteiger partial charge is 0.178 e. The largest absolute Gasteiger partial charge is 0.492 e. The van der Waals surface area contributed by atoms with Gasteiger partial charge < -0.3 is 10.5 Å². The lowest BCUT2D eigenvalue weighted by atomic mass is 10.1. The molecule has 0 unspecified atom stereocenters. The zero-order valence-electron chi connectivity index (χ0n) is 8.91. The summed E-state index contributed by atoms with van der Waals surface area (Å²) in [4.78, 5) is 11.5. The molecule has 1 saturated carbocycles. The molecule has 0 aliphatic heterocycles. The van der Waals surface area contributed by atoms with E-state index in [1.54, 1.807) is 18.2 Å². The van der Waals surface area contributed by atoms with E-state index in [2.05, 4.69) is 0 Å². The number of hydrogen-bond acceptors (Lipinski definition) is 3. The third kappa shape index (κ3) is 2.54. The SMILES string of the molecule is NCC(=O)c1cccc(OCC2CC2)c1Cl. The molecule has 1 aromatic carbocycles. The molecule has 0 heterocycles. The van der Waals surface area contributed by atoms with Gasteiger partial charge in [-0.1, -0.05) is 17.7 Å². The molecule has 2 N–H and O–H groups in total. The molecule has 3 nitrogen and oxygen atoms in total. The number of hydrogen-bond donors (Lipinski definition) is 1. The molecule has 0 atom stereocenters. The van der Waals surface area contributed by atoms with Gasteiger partial charge in [-0.05, 0) is 30.9 Å². The number of carbonyl (C=O) groups excluding carboxylic acids is 1. The van der Waals surface area contributed by atoms with Crippen molar-refractivity contribution < 1.29 is 9.53 Å². The van der Waals surface area contributed by atoms with Crippen LogP contribution in [0.4, 0.5) is 0 Å². The zero-order chi connectivity index (χ0) is 11.5. The van der Waals surface area contributed by atoms with Crippen molar-refractivity contribution in [2.75, 3.05) is 13.2 Å². The Morgan fingerprint density at radius 3 is 2.88 bits per heavy atom. The molecule has 1 aliphatic rings. The van der Waals surface area contributed by atoms with Crippen LogP contribution in [0, 0.1) is 5.92 Å². The van der Waals surface area contributed by atoms with Crippen LogP contribution < -0.4 is 10.5 Å². The van der Waals surface area contributed by atoms with Crippen LogP contribution >= 0.6 is 11.6 Å². The third-order valence-electron chi connectivity index (χ3n) is 2.62. The summed E-state index contributed by atoms with van der Waals surface area (Å²) in [6.07, 6.45) is 2.44. The first-order valence-corrected chi connectivity index (χ1v) is 5.74. The first-order valence-electron chi connectivity index (χ1n) is 5.37. The second-order valence-electron chi connectivity index (χ2n) is 4.00. The molecule has 2 rings (SSSR count). The second kappa shape index (κ2) is 4.85. The van der Waals surface area contributed by atoms with E-state index in [0.29, 0.717) is 28.9 Å². The number of rotatable bonds is 5. The molecule has 0 spiro atoms. The number of ether oxygens (including phenoxy) is 1. The first-order chi connectivity index (χ1) is 7.72. The highest BCUT2D eigenvalue weighted by molar-refractivity contribution is 6.35. The lowest BCUT2D eigenvalue weighted by Crippen LogP contribution is -2.14. The predicted octanol–water partition coefficient (Wildman–Crippen LogP) is 2.27. The molecule has 1 aliphatic carbocycles. The van der Waals surface area contributed by atoms with Gasteiger partial charge in [-0.15, -0.1) is 0 Å². The van der Waals surface area contributed by atoms with Gasteiger partial charge in [0.05, 0.1) is 18.2 Å². The zero-order valence-corrected chi connectivity index (χ0v) is 9.67. The molecule has 0 aromatic heterocycles. The first kappa shape index (κ1) is 11.4. The Kier molecular flexibility index (Phi) is 3.46. The van der Waals surface area contributed by atoms with Crippen molar-refractivity contribution in [1.82, 2.24) is 0 Å². The molecule has 0 saturated heterocycles. The summed E-state index contributed by atoms with van der Waals surface area (Å²) >= 11 is 6.08. The van der Waals surface area contributed by atoms with Gasteiger partial charge in [0.25, 0.3) is 0 Å². The lowest BCUT2D eigenvalue weighted by Gasteiger charge is -2.09. The summed E-state index contributed by atoms with van der Waals surface area (Å²) in [7, 11) is 0. The van der Waals surface area contributed by atoms with E-state index < -0.39 is 0 Å². The highest BCUT2D eigenvalue weighted by Crippen LogP contribution is 2.33. The summed E-state index contributed by atoms with van der Waals surface area (Å²) in [6, 6.07) is 5.20. The topological polar surface area (TPSA) is 52.3 Å². The van der Waals surface area contributed by atoms with Crippen LogP contribution in [0.3, 0.4) is 0 Å². The van der Waals surface area contributed by atoms with Gasteiger partial charge >= 0.3 is 0 Å². The summed E-state index contributed by atoms with van der Waals surface area (Å²) in [6.45, 7) is 0.645. The van der Waals surface area contributed by atoms with Crippen LogP contribution in [0.2, 0.25) is 5.02 Å². The average Bonchev–Trinajstić information content (AvgIpc) is 3.10. The molecule has 16 heavy (non-hydrogen) atoms. The summed E-state index contributed by atoms with van der Waals surface area (Å²) < 4.78 is 5.57. The molecule has 0 bridgehead atoms. The van der Waals surface area contributed by atoms with Crippen molar-refractivity contribution in [3.05, 3.63) is 28.8 Å². The second-order valence-corrected chi connectivity index (χ2v) is 4.38. The number of ketones is 1. The van der Waals surface area contributed by atoms with Crippen LogP contribution in [-0.2, 0) is 0 Å². The Morgan fingerprint density at radius 1 is 1.50 bits per heavy atom. The molecular formula is C12H14ClNO2.